The summed E-state index contributed by atoms with van der Waals surface area (Å²) in [4.78, 5) is 29.1. The van der Waals surface area contributed by atoms with Crippen LogP contribution in [0, 0.1) is 0 Å². The van der Waals surface area contributed by atoms with Crippen LogP contribution < -0.4 is 11.0 Å². The highest BCUT2D eigenvalue weighted by Gasteiger charge is 2.17. The monoisotopic (exact) mass is 418 g/mol. The van der Waals surface area contributed by atoms with E-state index in [4.69, 9.17) is 11.6 Å². The summed E-state index contributed by atoms with van der Waals surface area (Å²) >= 11 is 6.25. The standard InChI is InChI=1S/C22H15ClN4O3/c23-18-7-3-4-8-19(18)27-21(29)16-6-2-1-5-15(16)17(22(27)30)13-25-26-20(28)14-9-11-24-12-10-14/h1-13,30H,(H,26,28)/b25-13+. The first-order valence-corrected chi connectivity index (χ1v) is 9.31. The quantitative estimate of drug-likeness (QED) is 0.391. The number of carbonyl (C=O) groups excluding carboxylic acids is 1. The number of para-hydroxylation sites is 1. The summed E-state index contributed by atoms with van der Waals surface area (Å²) in [6.07, 6.45) is 4.29. The molecule has 0 fully saturated rings. The van der Waals surface area contributed by atoms with Gasteiger partial charge in [0.05, 0.1) is 22.5 Å². The van der Waals surface area contributed by atoms with Crippen LogP contribution in [0.2, 0.25) is 5.02 Å². The second-order valence-electron chi connectivity index (χ2n) is 6.31. The van der Waals surface area contributed by atoms with Crippen molar-refractivity contribution in [1.29, 1.82) is 0 Å². The average Bonchev–Trinajstić information content (AvgIpc) is 2.78. The van der Waals surface area contributed by atoms with E-state index in [1.54, 1.807) is 60.7 Å². The topological polar surface area (TPSA) is 96.6 Å². The first kappa shape index (κ1) is 19.4. The molecule has 4 rings (SSSR count). The molecule has 0 atom stereocenters. The first-order valence-electron chi connectivity index (χ1n) is 8.93. The van der Waals surface area contributed by atoms with Gasteiger partial charge in [-0.05, 0) is 30.3 Å². The van der Waals surface area contributed by atoms with Crippen molar-refractivity contribution in [2.75, 3.05) is 0 Å². The summed E-state index contributed by atoms with van der Waals surface area (Å²) < 4.78 is 1.12. The maximum absolute atomic E-state index is 13.0. The minimum atomic E-state index is -0.433. The van der Waals surface area contributed by atoms with Crippen LogP contribution >= 0.6 is 11.6 Å². The zero-order valence-corrected chi connectivity index (χ0v) is 16.2. The van der Waals surface area contributed by atoms with Gasteiger partial charge in [-0.15, -0.1) is 0 Å². The van der Waals surface area contributed by atoms with Crippen LogP contribution in [0.25, 0.3) is 16.5 Å². The molecule has 0 aliphatic carbocycles. The van der Waals surface area contributed by atoms with Crippen molar-refractivity contribution < 1.29 is 9.90 Å². The van der Waals surface area contributed by atoms with Gasteiger partial charge < -0.3 is 5.11 Å². The number of amides is 1. The number of halogens is 1. The third-order valence-electron chi connectivity index (χ3n) is 4.50. The Morgan fingerprint density at radius 3 is 2.43 bits per heavy atom. The van der Waals surface area contributed by atoms with E-state index in [2.05, 4.69) is 15.5 Å². The van der Waals surface area contributed by atoms with E-state index in [1.807, 2.05) is 0 Å². The number of aromatic nitrogens is 2. The number of carbonyl (C=O) groups is 1. The van der Waals surface area contributed by atoms with E-state index >= 15 is 0 Å². The molecule has 148 valence electrons. The van der Waals surface area contributed by atoms with Gasteiger partial charge in [0, 0.05) is 28.7 Å². The van der Waals surface area contributed by atoms with Crippen LogP contribution in [0.3, 0.4) is 0 Å². The molecule has 7 nitrogen and oxygen atoms in total. The molecule has 8 heteroatoms. The summed E-state index contributed by atoms with van der Waals surface area (Å²) in [5, 5.41) is 16.1. The van der Waals surface area contributed by atoms with E-state index in [0.717, 1.165) is 4.57 Å². The fourth-order valence-electron chi connectivity index (χ4n) is 3.07. The number of rotatable bonds is 4. The fraction of sp³-hybridized carbons (Fsp3) is 0. The molecule has 0 spiro atoms. The smallest absolute Gasteiger partial charge is 0.271 e. The highest BCUT2D eigenvalue weighted by molar-refractivity contribution is 6.32. The molecule has 0 bridgehead atoms. The number of benzene rings is 2. The van der Waals surface area contributed by atoms with E-state index < -0.39 is 11.5 Å². The minimum absolute atomic E-state index is 0.264. The predicted molar refractivity (Wildman–Crippen MR) is 116 cm³/mol. The number of pyridine rings is 2. The van der Waals surface area contributed by atoms with Crippen molar-refractivity contribution in [3.8, 4) is 11.6 Å². The maximum atomic E-state index is 13.0. The number of aromatic hydroxyl groups is 1. The number of nitrogens with zero attached hydrogens (tertiary/aromatic N) is 3. The second kappa shape index (κ2) is 8.18. The van der Waals surface area contributed by atoms with Crippen molar-refractivity contribution in [3.05, 3.63) is 99.6 Å². The van der Waals surface area contributed by atoms with Gasteiger partial charge in [0.2, 0.25) is 5.88 Å². The molecule has 30 heavy (non-hydrogen) atoms. The second-order valence-corrected chi connectivity index (χ2v) is 6.72. The van der Waals surface area contributed by atoms with Gasteiger partial charge in [-0.2, -0.15) is 5.10 Å². The summed E-state index contributed by atoms with van der Waals surface area (Å²) in [6, 6.07) is 16.6. The van der Waals surface area contributed by atoms with Gasteiger partial charge in [0.25, 0.3) is 11.5 Å². The molecule has 1 amide bonds. The Labute approximate surface area is 175 Å². The molecular weight excluding hydrogens is 404 g/mol. The summed E-state index contributed by atoms with van der Waals surface area (Å²) in [7, 11) is 0. The maximum Gasteiger partial charge on any atom is 0.271 e. The van der Waals surface area contributed by atoms with Crippen molar-refractivity contribution in [1.82, 2.24) is 15.0 Å². The average molecular weight is 419 g/mol. The molecule has 0 saturated heterocycles. The van der Waals surface area contributed by atoms with Gasteiger partial charge in [-0.25, -0.2) is 9.99 Å². The molecule has 2 aromatic heterocycles. The van der Waals surface area contributed by atoms with Crippen molar-refractivity contribution >= 4 is 34.5 Å². The number of hydrogen-bond acceptors (Lipinski definition) is 5. The van der Waals surface area contributed by atoms with Crippen molar-refractivity contribution in [2.45, 2.75) is 0 Å². The molecule has 2 heterocycles. The summed E-state index contributed by atoms with van der Waals surface area (Å²) in [5.41, 5.74) is 2.97. The molecule has 0 radical (unpaired) electrons. The van der Waals surface area contributed by atoms with Crippen LogP contribution in [0.5, 0.6) is 5.88 Å². The highest BCUT2D eigenvalue weighted by Crippen LogP contribution is 2.28. The van der Waals surface area contributed by atoms with Gasteiger partial charge in [0.15, 0.2) is 0 Å². The molecule has 0 aliphatic heterocycles. The number of nitrogens with one attached hydrogen (secondary N) is 1. The molecule has 0 saturated carbocycles. The van der Waals surface area contributed by atoms with Crippen LogP contribution in [0.4, 0.5) is 0 Å². The van der Waals surface area contributed by atoms with Crippen LogP contribution in [0.15, 0.2) is 83.0 Å². The molecule has 4 aromatic rings. The van der Waals surface area contributed by atoms with Crippen LogP contribution in [0.1, 0.15) is 15.9 Å². The van der Waals surface area contributed by atoms with Crippen LogP contribution in [-0.4, -0.2) is 26.8 Å². The van der Waals surface area contributed by atoms with Crippen molar-refractivity contribution in [3.63, 3.8) is 0 Å². The number of hydrogen-bond donors (Lipinski definition) is 2. The number of hydrazone groups is 1. The Bertz CT molecular complexity index is 1330. The van der Waals surface area contributed by atoms with Gasteiger partial charge in [0.1, 0.15) is 0 Å². The SMILES string of the molecule is O=C(N/N=C/c1c(O)n(-c2ccccc2Cl)c(=O)c2ccccc12)c1ccncc1. The normalized spacial score (nSPS) is 11.1. The summed E-state index contributed by atoms with van der Waals surface area (Å²) in [5.74, 6) is -0.773. The Morgan fingerprint density at radius 1 is 1.03 bits per heavy atom. The molecule has 0 unspecified atom stereocenters. The van der Waals surface area contributed by atoms with Gasteiger partial charge in [-0.3, -0.25) is 14.6 Å². The molecular formula is C22H15ClN4O3. The van der Waals surface area contributed by atoms with Crippen LogP contribution in [-0.2, 0) is 0 Å². The fourth-order valence-corrected chi connectivity index (χ4v) is 3.29. The lowest BCUT2D eigenvalue weighted by atomic mass is 10.1. The van der Waals surface area contributed by atoms with E-state index in [1.165, 1.54) is 18.6 Å². The minimum Gasteiger partial charge on any atom is -0.494 e. The third kappa shape index (κ3) is 3.54. The predicted octanol–water partition coefficient (Wildman–Crippen LogP) is 3.51. The first-order chi connectivity index (χ1) is 14.6. The molecule has 2 aromatic carbocycles. The Morgan fingerprint density at radius 2 is 1.70 bits per heavy atom. The Kier molecular flexibility index (Phi) is 5.28. The van der Waals surface area contributed by atoms with E-state index in [9.17, 15) is 14.7 Å². The van der Waals surface area contributed by atoms with E-state index in [-0.39, 0.29) is 11.4 Å². The van der Waals surface area contributed by atoms with Crippen molar-refractivity contribution in [2.24, 2.45) is 5.10 Å². The Balaban J connectivity index is 1.82. The van der Waals surface area contributed by atoms with Gasteiger partial charge >= 0.3 is 0 Å². The zero-order chi connectivity index (χ0) is 21.1. The zero-order valence-electron chi connectivity index (χ0n) is 15.5. The third-order valence-corrected chi connectivity index (χ3v) is 4.82. The largest absolute Gasteiger partial charge is 0.494 e. The molecule has 2 N–H and O–H groups in total. The van der Waals surface area contributed by atoms with Gasteiger partial charge in [-0.1, -0.05) is 41.9 Å². The Hall–Kier alpha value is -3.97. The summed E-state index contributed by atoms with van der Waals surface area (Å²) in [6.45, 7) is 0. The lowest BCUT2D eigenvalue weighted by Crippen LogP contribution is -2.21. The molecule has 0 aliphatic rings. The lowest BCUT2D eigenvalue weighted by Gasteiger charge is -2.14. The highest BCUT2D eigenvalue weighted by atomic mass is 35.5. The lowest BCUT2D eigenvalue weighted by molar-refractivity contribution is 0.0955. The number of fused-ring (bicyclic) bond motifs is 1. The van der Waals surface area contributed by atoms with E-state index in [0.29, 0.717) is 27.0 Å².